The smallest absolute Gasteiger partial charge is 0.258 e. The highest BCUT2D eigenvalue weighted by molar-refractivity contribution is 5.77. The molecule has 18 heavy (non-hydrogen) atoms. The first-order chi connectivity index (χ1) is 8.49. The third kappa shape index (κ3) is 5.19. The van der Waals surface area contributed by atoms with Gasteiger partial charge in [-0.3, -0.25) is 4.79 Å². The summed E-state index contributed by atoms with van der Waals surface area (Å²) in [4.78, 5) is 11.3. The summed E-state index contributed by atoms with van der Waals surface area (Å²) in [6.07, 6.45) is -0.542. The Bertz CT molecular complexity index is 371. The molecule has 0 radical (unpaired) electrons. The number of carbonyl (C=O) groups excluding carboxylic acids is 1. The molecule has 1 unspecified atom stereocenters. The second kappa shape index (κ2) is 7.01. The quantitative estimate of drug-likeness (QED) is 0.809. The van der Waals surface area contributed by atoms with Gasteiger partial charge in [-0.15, -0.1) is 0 Å². The number of amides is 1. The van der Waals surface area contributed by atoms with Crippen LogP contribution in [0, 0.1) is 0 Å². The Hall–Kier alpha value is -1.55. The van der Waals surface area contributed by atoms with E-state index in [9.17, 15) is 4.79 Å². The molecule has 0 aromatic heterocycles. The van der Waals surface area contributed by atoms with Gasteiger partial charge in [-0.2, -0.15) is 0 Å². The zero-order chi connectivity index (χ0) is 13.5. The summed E-state index contributed by atoms with van der Waals surface area (Å²) in [6, 6.07) is 7.70. The summed E-state index contributed by atoms with van der Waals surface area (Å²) in [6.45, 7) is 6.08. The van der Waals surface area contributed by atoms with E-state index in [0.29, 0.717) is 11.7 Å². The van der Waals surface area contributed by atoms with Gasteiger partial charge in [0.05, 0.1) is 6.10 Å². The number of hydrogen-bond donors (Lipinski definition) is 2. The van der Waals surface area contributed by atoms with Gasteiger partial charge in [0.15, 0.2) is 6.61 Å². The lowest BCUT2D eigenvalue weighted by atomic mass is 10.0. The summed E-state index contributed by atoms with van der Waals surface area (Å²) in [5.74, 6) is 0.920. The second-order valence-corrected chi connectivity index (χ2v) is 4.67. The summed E-state index contributed by atoms with van der Waals surface area (Å²) in [5.41, 5.74) is 1.24. The average Bonchev–Trinajstić information content (AvgIpc) is 2.34. The van der Waals surface area contributed by atoms with Gasteiger partial charge in [0, 0.05) is 6.54 Å². The van der Waals surface area contributed by atoms with Crippen LogP contribution in [-0.4, -0.2) is 30.3 Å². The van der Waals surface area contributed by atoms with Crippen molar-refractivity contribution in [3.8, 4) is 5.75 Å². The predicted molar refractivity (Wildman–Crippen MR) is 70.7 cm³/mol. The Kier molecular flexibility index (Phi) is 5.65. The maximum absolute atomic E-state index is 11.3. The molecule has 0 bridgehead atoms. The molecule has 4 nitrogen and oxygen atoms in total. The molecule has 2 N–H and O–H groups in total. The fourth-order valence-corrected chi connectivity index (χ4v) is 1.41. The van der Waals surface area contributed by atoms with Crippen LogP contribution in [-0.2, 0) is 4.79 Å². The van der Waals surface area contributed by atoms with E-state index in [4.69, 9.17) is 9.84 Å². The maximum atomic E-state index is 11.3. The fraction of sp³-hybridized carbons (Fsp3) is 0.500. The van der Waals surface area contributed by atoms with Crippen molar-refractivity contribution in [1.29, 1.82) is 0 Å². The molecule has 1 atom stereocenters. The molecule has 1 aromatic carbocycles. The van der Waals surface area contributed by atoms with Crippen LogP contribution < -0.4 is 10.1 Å². The maximum Gasteiger partial charge on any atom is 0.258 e. The summed E-state index contributed by atoms with van der Waals surface area (Å²) in [5, 5.41) is 11.6. The molecule has 0 saturated heterocycles. The molecular weight excluding hydrogens is 230 g/mol. The van der Waals surface area contributed by atoms with E-state index < -0.39 is 6.10 Å². The van der Waals surface area contributed by atoms with E-state index in [0.717, 1.165) is 0 Å². The number of rotatable bonds is 6. The van der Waals surface area contributed by atoms with E-state index in [1.165, 1.54) is 5.56 Å². The molecule has 0 aliphatic heterocycles. The van der Waals surface area contributed by atoms with Crippen molar-refractivity contribution in [2.75, 3.05) is 13.2 Å². The molecule has 0 saturated carbocycles. The molecule has 100 valence electrons. The number of ether oxygens (including phenoxy) is 1. The highest BCUT2D eigenvalue weighted by Crippen LogP contribution is 2.18. The predicted octanol–water partition coefficient (Wildman–Crippen LogP) is 1.69. The van der Waals surface area contributed by atoms with E-state index >= 15 is 0 Å². The van der Waals surface area contributed by atoms with Gasteiger partial charge in [-0.25, -0.2) is 0 Å². The Balaban J connectivity index is 2.37. The first-order valence-electron chi connectivity index (χ1n) is 6.16. The topological polar surface area (TPSA) is 58.6 Å². The van der Waals surface area contributed by atoms with Crippen LogP contribution in [0.15, 0.2) is 24.3 Å². The van der Waals surface area contributed by atoms with Gasteiger partial charge in [-0.05, 0) is 30.5 Å². The molecule has 0 aliphatic rings. The first kappa shape index (κ1) is 14.5. The van der Waals surface area contributed by atoms with Crippen molar-refractivity contribution in [3.63, 3.8) is 0 Å². The van der Waals surface area contributed by atoms with Crippen LogP contribution in [0.5, 0.6) is 5.75 Å². The van der Waals surface area contributed by atoms with Crippen LogP contribution in [0.25, 0.3) is 0 Å². The van der Waals surface area contributed by atoms with Crippen LogP contribution in [0.4, 0.5) is 0 Å². The Morgan fingerprint density at radius 1 is 1.28 bits per heavy atom. The largest absolute Gasteiger partial charge is 0.484 e. The molecule has 1 amide bonds. The van der Waals surface area contributed by atoms with Crippen molar-refractivity contribution < 1.29 is 14.6 Å². The molecule has 1 rings (SSSR count). The Morgan fingerprint density at radius 3 is 2.39 bits per heavy atom. The minimum atomic E-state index is -0.542. The van der Waals surface area contributed by atoms with Crippen LogP contribution in [0.2, 0.25) is 0 Å². The third-order valence-electron chi connectivity index (χ3n) is 2.51. The van der Waals surface area contributed by atoms with Crippen molar-refractivity contribution in [2.24, 2.45) is 0 Å². The van der Waals surface area contributed by atoms with Gasteiger partial charge >= 0.3 is 0 Å². The lowest BCUT2D eigenvalue weighted by Gasteiger charge is -2.10. The minimum absolute atomic E-state index is 0.0340. The molecule has 0 spiro atoms. The second-order valence-electron chi connectivity index (χ2n) is 4.67. The number of aliphatic hydroxyl groups is 1. The molecule has 0 fully saturated rings. The highest BCUT2D eigenvalue weighted by Gasteiger charge is 2.04. The lowest BCUT2D eigenvalue weighted by Crippen LogP contribution is -2.34. The van der Waals surface area contributed by atoms with Crippen LogP contribution >= 0.6 is 0 Å². The first-order valence-corrected chi connectivity index (χ1v) is 6.16. The van der Waals surface area contributed by atoms with Gasteiger partial charge < -0.3 is 15.2 Å². The van der Waals surface area contributed by atoms with Crippen LogP contribution in [0.3, 0.4) is 0 Å². The zero-order valence-corrected chi connectivity index (χ0v) is 11.1. The van der Waals surface area contributed by atoms with E-state index in [1.54, 1.807) is 6.92 Å². The normalized spacial score (nSPS) is 12.3. The number of carbonyl (C=O) groups is 1. The monoisotopic (exact) mass is 251 g/mol. The number of nitrogens with one attached hydrogen (secondary N) is 1. The minimum Gasteiger partial charge on any atom is -0.484 e. The van der Waals surface area contributed by atoms with Gasteiger partial charge in [-0.1, -0.05) is 26.0 Å². The number of hydrogen-bond acceptors (Lipinski definition) is 3. The molecule has 4 heteroatoms. The molecule has 0 aliphatic carbocycles. The van der Waals surface area contributed by atoms with E-state index in [2.05, 4.69) is 19.2 Å². The summed E-state index contributed by atoms with van der Waals surface area (Å²) < 4.78 is 5.34. The number of benzene rings is 1. The van der Waals surface area contributed by atoms with Crippen LogP contribution in [0.1, 0.15) is 32.3 Å². The third-order valence-corrected chi connectivity index (χ3v) is 2.51. The van der Waals surface area contributed by atoms with Crippen molar-refractivity contribution in [3.05, 3.63) is 29.8 Å². The van der Waals surface area contributed by atoms with Gasteiger partial charge in [0.25, 0.3) is 5.91 Å². The Morgan fingerprint density at radius 2 is 1.89 bits per heavy atom. The molecule has 0 heterocycles. The van der Waals surface area contributed by atoms with E-state index in [-0.39, 0.29) is 19.1 Å². The fourth-order valence-electron chi connectivity index (χ4n) is 1.41. The highest BCUT2D eigenvalue weighted by atomic mass is 16.5. The molecular formula is C14H21NO3. The average molecular weight is 251 g/mol. The van der Waals surface area contributed by atoms with Gasteiger partial charge in [0.2, 0.25) is 0 Å². The van der Waals surface area contributed by atoms with Crippen molar-refractivity contribution in [1.82, 2.24) is 5.32 Å². The van der Waals surface area contributed by atoms with Crippen molar-refractivity contribution >= 4 is 5.91 Å². The lowest BCUT2D eigenvalue weighted by molar-refractivity contribution is -0.123. The van der Waals surface area contributed by atoms with Crippen molar-refractivity contribution in [2.45, 2.75) is 32.8 Å². The standard InChI is InChI=1S/C14H21NO3/c1-10(2)12-4-6-13(7-5-12)18-9-14(17)15-8-11(3)16/h4-7,10-11,16H,8-9H2,1-3H3,(H,15,17). The SMILES string of the molecule is CC(O)CNC(=O)COc1ccc(C(C)C)cc1. The number of aliphatic hydroxyl groups excluding tert-OH is 1. The summed E-state index contributed by atoms with van der Waals surface area (Å²) >= 11 is 0. The van der Waals surface area contributed by atoms with Gasteiger partial charge in [0.1, 0.15) is 5.75 Å². The summed E-state index contributed by atoms with van der Waals surface area (Å²) in [7, 11) is 0. The Labute approximate surface area is 108 Å². The van der Waals surface area contributed by atoms with E-state index in [1.807, 2.05) is 24.3 Å². The zero-order valence-electron chi connectivity index (χ0n) is 11.1. The molecule has 1 aromatic rings.